The Kier molecular flexibility index (Phi) is 8.49. The van der Waals surface area contributed by atoms with Crippen molar-refractivity contribution < 1.29 is 4.74 Å². The normalized spacial score (nSPS) is 19.5. The number of aryl methyl sites for hydroxylation is 1. The molecule has 0 aromatic heterocycles. The van der Waals surface area contributed by atoms with Gasteiger partial charge >= 0.3 is 0 Å². The van der Waals surface area contributed by atoms with Gasteiger partial charge in [-0.15, -0.1) is 0 Å². The maximum Gasteiger partial charge on any atom is 0.138 e. The Morgan fingerprint density at radius 3 is 2.27 bits per heavy atom. The predicted molar refractivity (Wildman–Crippen MR) is 105 cm³/mol. The minimum absolute atomic E-state index is 0.403. The van der Waals surface area contributed by atoms with Crippen LogP contribution in [0, 0.1) is 34.5 Å². The highest BCUT2D eigenvalue weighted by Gasteiger charge is 2.23. The van der Waals surface area contributed by atoms with Crippen LogP contribution in [0.3, 0.4) is 0 Å². The summed E-state index contributed by atoms with van der Waals surface area (Å²) in [6, 6.07) is 8.19. The summed E-state index contributed by atoms with van der Waals surface area (Å²) in [7, 11) is 0. The quantitative estimate of drug-likeness (QED) is 0.501. The summed E-state index contributed by atoms with van der Waals surface area (Å²) in [6.45, 7) is 4.99. The van der Waals surface area contributed by atoms with Crippen molar-refractivity contribution in [2.45, 2.75) is 78.1 Å². The van der Waals surface area contributed by atoms with Gasteiger partial charge in [0.05, 0.1) is 12.2 Å². The summed E-state index contributed by atoms with van der Waals surface area (Å²) >= 11 is 0. The van der Waals surface area contributed by atoms with Crippen LogP contribution < -0.4 is 4.74 Å². The highest BCUT2D eigenvalue weighted by atomic mass is 16.5. The first kappa shape index (κ1) is 20.3. The van der Waals surface area contributed by atoms with E-state index in [-0.39, 0.29) is 0 Å². The zero-order valence-electron chi connectivity index (χ0n) is 16.4. The SMILES string of the molecule is CCCc1ccc(OCCCC2CCCCC2CCC)c(C#N)c1C#N. The molecule has 1 aromatic rings. The van der Waals surface area contributed by atoms with Crippen molar-refractivity contribution in [1.29, 1.82) is 10.5 Å². The molecule has 1 saturated carbocycles. The van der Waals surface area contributed by atoms with Gasteiger partial charge in [-0.2, -0.15) is 10.5 Å². The van der Waals surface area contributed by atoms with Gasteiger partial charge in [-0.1, -0.05) is 64.9 Å². The average Bonchev–Trinajstić information content (AvgIpc) is 2.67. The summed E-state index contributed by atoms with van der Waals surface area (Å²) in [6.07, 6.45) is 12.2. The molecule has 3 nitrogen and oxygen atoms in total. The molecule has 0 amide bonds. The molecule has 0 spiro atoms. The van der Waals surface area contributed by atoms with Gasteiger partial charge in [0.25, 0.3) is 0 Å². The van der Waals surface area contributed by atoms with Crippen molar-refractivity contribution in [2.24, 2.45) is 11.8 Å². The van der Waals surface area contributed by atoms with Crippen LogP contribution in [0.1, 0.15) is 88.3 Å². The Balaban J connectivity index is 1.93. The summed E-state index contributed by atoms with van der Waals surface area (Å²) in [5, 5.41) is 18.9. The molecule has 0 radical (unpaired) electrons. The van der Waals surface area contributed by atoms with E-state index in [0.29, 0.717) is 23.5 Å². The van der Waals surface area contributed by atoms with Crippen molar-refractivity contribution in [3.8, 4) is 17.9 Å². The molecule has 0 saturated heterocycles. The third-order valence-electron chi connectivity index (χ3n) is 5.70. The van der Waals surface area contributed by atoms with Crippen molar-refractivity contribution in [3.63, 3.8) is 0 Å². The minimum atomic E-state index is 0.403. The molecule has 1 aromatic carbocycles. The van der Waals surface area contributed by atoms with Crippen molar-refractivity contribution >= 4 is 0 Å². The summed E-state index contributed by atoms with van der Waals surface area (Å²) in [4.78, 5) is 0. The number of hydrogen-bond donors (Lipinski definition) is 0. The van der Waals surface area contributed by atoms with E-state index >= 15 is 0 Å². The minimum Gasteiger partial charge on any atom is -0.492 e. The summed E-state index contributed by atoms with van der Waals surface area (Å²) < 4.78 is 5.92. The first-order valence-electron chi connectivity index (χ1n) is 10.3. The number of benzene rings is 1. The van der Waals surface area contributed by atoms with E-state index in [1.165, 1.54) is 44.9 Å². The van der Waals surface area contributed by atoms with Gasteiger partial charge in [0.2, 0.25) is 0 Å². The fourth-order valence-electron chi connectivity index (χ4n) is 4.41. The molecule has 0 N–H and O–H groups in total. The number of ether oxygens (including phenoxy) is 1. The van der Waals surface area contributed by atoms with E-state index in [9.17, 15) is 10.5 Å². The molecule has 0 aliphatic heterocycles. The molecule has 3 heteroatoms. The number of nitrogens with zero attached hydrogens (tertiary/aromatic N) is 2. The molecule has 2 atom stereocenters. The molecule has 1 aliphatic rings. The van der Waals surface area contributed by atoms with Crippen LogP contribution in [-0.2, 0) is 6.42 Å². The standard InChI is InChI=1S/C23H32N2O/c1-3-8-18-10-5-6-11-19(18)12-7-15-26-23-14-13-20(9-4-2)21(16-24)22(23)17-25/h13-14,18-19H,3-12,15H2,1-2H3. The number of rotatable bonds is 9. The topological polar surface area (TPSA) is 56.8 Å². The van der Waals surface area contributed by atoms with Crippen LogP contribution in [0.15, 0.2) is 12.1 Å². The molecular weight excluding hydrogens is 320 g/mol. The second kappa shape index (κ2) is 10.9. The van der Waals surface area contributed by atoms with Gasteiger partial charge in [0.1, 0.15) is 23.5 Å². The summed E-state index contributed by atoms with van der Waals surface area (Å²) in [5.41, 5.74) is 1.84. The van der Waals surface area contributed by atoms with Gasteiger partial charge in [0, 0.05) is 0 Å². The second-order valence-electron chi connectivity index (χ2n) is 7.53. The Morgan fingerprint density at radius 1 is 0.962 bits per heavy atom. The van der Waals surface area contributed by atoms with E-state index in [4.69, 9.17) is 4.74 Å². The van der Waals surface area contributed by atoms with Crippen LogP contribution in [0.25, 0.3) is 0 Å². The van der Waals surface area contributed by atoms with Crippen LogP contribution in [0.4, 0.5) is 0 Å². The molecule has 2 rings (SSSR count). The Bertz CT molecular complexity index is 651. The van der Waals surface area contributed by atoms with Gasteiger partial charge in [0.15, 0.2) is 0 Å². The number of nitriles is 2. The number of hydrogen-bond acceptors (Lipinski definition) is 3. The van der Waals surface area contributed by atoms with Gasteiger partial charge in [-0.05, 0) is 42.7 Å². The van der Waals surface area contributed by atoms with Gasteiger partial charge < -0.3 is 4.74 Å². The van der Waals surface area contributed by atoms with E-state index in [1.54, 1.807) is 0 Å². The predicted octanol–water partition coefficient (Wildman–Crippen LogP) is 6.15. The van der Waals surface area contributed by atoms with E-state index < -0.39 is 0 Å². The maximum atomic E-state index is 9.50. The fraction of sp³-hybridized carbons (Fsp3) is 0.652. The van der Waals surface area contributed by atoms with Crippen molar-refractivity contribution in [2.75, 3.05) is 6.61 Å². The van der Waals surface area contributed by atoms with E-state index in [2.05, 4.69) is 26.0 Å². The molecule has 1 aliphatic carbocycles. The smallest absolute Gasteiger partial charge is 0.138 e. The van der Waals surface area contributed by atoms with Crippen LogP contribution >= 0.6 is 0 Å². The lowest BCUT2D eigenvalue weighted by atomic mass is 9.75. The second-order valence-corrected chi connectivity index (χ2v) is 7.53. The first-order valence-corrected chi connectivity index (χ1v) is 10.3. The molecule has 0 heterocycles. The highest BCUT2D eigenvalue weighted by Crippen LogP contribution is 2.36. The highest BCUT2D eigenvalue weighted by molar-refractivity contribution is 5.57. The van der Waals surface area contributed by atoms with Gasteiger partial charge in [-0.25, -0.2) is 0 Å². The molecule has 1 fully saturated rings. The molecule has 0 bridgehead atoms. The zero-order valence-corrected chi connectivity index (χ0v) is 16.4. The van der Waals surface area contributed by atoms with Crippen LogP contribution in [0.5, 0.6) is 5.75 Å². The Labute approximate surface area is 159 Å². The zero-order chi connectivity index (χ0) is 18.8. The van der Waals surface area contributed by atoms with E-state index in [0.717, 1.165) is 36.7 Å². The fourth-order valence-corrected chi connectivity index (χ4v) is 4.41. The maximum absolute atomic E-state index is 9.50. The Hall–Kier alpha value is -2.00. The van der Waals surface area contributed by atoms with Gasteiger partial charge in [-0.3, -0.25) is 0 Å². The first-order chi connectivity index (χ1) is 12.7. The van der Waals surface area contributed by atoms with Crippen LogP contribution in [0.2, 0.25) is 0 Å². The molecular formula is C23H32N2O. The third kappa shape index (κ3) is 5.25. The molecule has 140 valence electrons. The lowest BCUT2D eigenvalue weighted by Gasteiger charge is -2.31. The molecule has 26 heavy (non-hydrogen) atoms. The monoisotopic (exact) mass is 352 g/mol. The Morgan fingerprint density at radius 2 is 1.65 bits per heavy atom. The van der Waals surface area contributed by atoms with Crippen molar-refractivity contribution in [1.82, 2.24) is 0 Å². The average molecular weight is 353 g/mol. The summed E-state index contributed by atoms with van der Waals surface area (Å²) in [5.74, 6) is 2.30. The lowest BCUT2D eigenvalue weighted by Crippen LogP contribution is -2.20. The van der Waals surface area contributed by atoms with Crippen LogP contribution in [-0.4, -0.2) is 6.61 Å². The van der Waals surface area contributed by atoms with Crippen molar-refractivity contribution in [3.05, 3.63) is 28.8 Å². The van der Waals surface area contributed by atoms with E-state index in [1.807, 2.05) is 12.1 Å². The largest absolute Gasteiger partial charge is 0.492 e. The lowest BCUT2D eigenvalue weighted by molar-refractivity contribution is 0.193. The molecule has 2 unspecified atom stereocenters. The third-order valence-corrected chi connectivity index (χ3v) is 5.70.